The Hall–Kier alpha value is -1.42. The number of rotatable bonds is 4. The summed E-state index contributed by atoms with van der Waals surface area (Å²) in [6.45, 7) is 1.94. The molecular formula is C15H16ClFN2. The lowest BCUT2D eigenvalue weighted by Gasteiger charge is -2.19. The molecule has 1 atom stereocenters. The van der Waals surface area contributed by atoms with Gasteiger partial charge >= 0.3 is 0 Å². The van der Waals surface area contributed by atoms with E-state index in [9.17, 15) is 4.39 Å². The molecule has 0 aliphatic carbocycles. The van der Waals surface area contributed by atoms with Gasteiger partial charge in [-0.15, -0.1) is 0 Å². The van der Waals surface area contributed by atoms with Gasteiger partial charge in [0.2, 0.25) is 0 Å². The molecule has 100 valence electrons. The zero-order chi connectivity index (χ0) is 13.8. The Balaban J connectivity index is 2.30. The van der Waals surface area contributed by atoms with Crippen molar-refractivity contribution in [3.05, 3.63) is 70.0 Å². The maximum Gasteiger partial charge on any atom is 0.123 e. The smallest absolute Gasteiger partial charge is 0.123 e. The Labute approximate surface area is 117 Å². The summed E-state index contributed by atoms with van der Waals surface area (Å²) >= 11 is 6.14. The van der Waals surface area contributed by atoms with Gasteiger partial charge in [-0.25, -0.2) is 4.39 Å². The molecule has 0 aliphatic heterocycles. The van der Waals surface area contributed by atoms with Crippen molar-refractivity contribution in [1.29, 1.82) is 0 Å². The normalized spacial score (nSPS) is 12.4. The van der Waals surface area contributed by atoms with Crippen LogP contribution in [0.5, 0.6) is 0 Å². The fraction of sp³-hybridized carbons (Fsp3) is 0.200. The third-order valence-corrected chi connectivity index (χ3v) is 3.57. The Morgan fingerprint density at radius 2 is 2.00 bits per heavy atom. The van der Waals surface area contributed by atoms with E-state index in [0.717, 1.165) is 16.7 Å². The summed E-state index contributed by atoms with van der Waals surface area (Å²) in [6, 6.07) is 12.1. The van der Waals surface area contributed by atoms with Crippen LogP contribution >= 0.6 is 11.6 Å². The van der Waals surface area contributed by atoms with Crippen molar-refractivity contribution in [2.45, 2.75) is 19.4 Å². The Bertz CT molecular complexity index is 572. The maximum atomic E-state index is 13.4. The molecule has 0 amide bonds. The monoisotopic (exact) mass is 278 g/mol. The van der Waals surface area contributed by atoms with Crippen molar-refractivity contribution >= 4 is 11.6 Å². The lowest BCUT2D eigenvalue weighted by molar-refractivity contribution is 0.542. The number of nitrogens with one attached hydrogen (secondary N) is 1. The Morgan fingerprint density at radius 3 is 2.68 bits per heavy atom. The van der Waals surface area contributed by atoms with Crippen LogP contribution < -0.4 is 11.3 Å². The van der Waals surface area contributed by atoms with E-state index in [1.54, 1.807) is 6.07 Å². The second-order valence-corrected chi connectivity index (χ2v) is 4.92. The molecular weight excluding hydrogens is 263 g/mol. The van der Waals surface area contributed by atoms with Crippen molar-refractivity contribution in [1.82, 2.24) is 5.43 Å². The van der Waals surface area contributed by atoms with E-state index in [1.807, 2.05) is 31.2 Å². The van der Waals surface area contributed by atoms with Gasteiger partial charge in [0.05, 0.1) is 6.04 Å². The van der Waals surface area contributed by atoms with Crippen LogP contribution in [-0.4, -0.2) is 0 Å². The first kappa shape index (κ1) is 14.0. The third-order valence-electron chi connectivity index (χ3n) is 3.20. The minimum absolute atomic E-state index is 0.171. The number of halogens is 2. The van der Waals surface area contributed by atoms with Gasteiger partial charge < -0.3 is 0 Å². The van der Waals surface area contributed by atoms with Crippen molar-refractivity contribution in [3.63, 3.8) is 0 Å². The number of hydrazine groups is 1. The van der Waals surface area contributed by atoms with E-state index < -0.39 is 0 Å². The molecule has 0 fully saturated rings. The number of benzene rings is 2. The lowest BCUT2D eigenvalue weighted by Crippen LogP contribution is -2.30. The van der Waals surface area contributed by atoms with E-state index in [4.69, 9.17) is 17.4 Å². The van der Waals surface area contributed by atoms with E-state index in [1.165, 1.54) is 12.1 Å². The molecule has 2 rings (SSSR count). The van der Waals surface area contributed by atoms with Crippen LogP contribution in [-0.2, 0) is 6.42 Å². The summed E-state index contributed by atoms with van der Waals surface area (Å²) in [5, 5.41) is 0.691. The molecule has 2 nitrogen and oxygen atoms in total. The summed E-state index contributed by atoms with van der Waals surface area (Å²) in [7, 11) is 0. The molecule has 0 saturated heterocycles. The highest BCUT2D eigenvalue weighted by atomic mass is 35.5. The molecule has 0 saturated carbocycles. The van der Waals surface area contributed by atoms with E-state index >= 15 is 0 Å². The fourth-order valence-electron chi connectivity index (χ4n) is 2.13. The van der Waals surface area contributed by atoms with Gasteiger partial charge in [0, 0.05) is 5.02 Å². The molecule has 19 heavy (non-hydrogen) atoms. The van der Waals surface area contributed by atoms with Crippen LogP contribution in [0.1, 0.15) is 22.7 Å². The average Bonchev–Trinajstić information content (AvgIpc) is 2.41. The first-order chi connectivity index (χ1) is 9.11. The van der Waals surface area contributed by atoms with E-state index in [-0.39, 0.29) is 11.9 Å². The highest BCUT2D eigenvalue weighted by molar-refractivity contribution is 6.31. The van der Waals surface area contributed by atoms with Gasteiger partial charge in [-0.2, -0.15) is 0 Å². The molecule has 3 N–H and O–H groups in total. The van der Waals surface area contributed by atoms with Crippen LogP contribution in [0.25, 0.3) is 0 Å². The molecule has 0 aromatic heterocycles. The van der Waals surface area contributed by atoms with Crippen molar-refractivity contribution in [2.75, 3.05) is 0 Å². The molecule has 2 aromatic rings. The highest BCUT2D eigenvalue weighted by Crippen LogP contribution is 2.25. The molecule has 0 bridgehead atoms. The summed E-state index contributed by atoms with van der Waals surface area (Å²) < 4.78 is 13.4. The second-order valence-electron chi connectivity index (χ2n) is 4.52. The fourth-order valence-corrected chi connectivity index (χ4v) is 2.34. The molecule has 2 aromatic carbocycles. The first-order valence-corrected chi connectivity index (χ1v) is 6.45. The van der Waals surface area contributed by atoms with E-state index in [0.29, 0.717) is 11.4 Å². The molecule has 0 radical (unpaired) electrons. The van der Waals surface area contributed by atoms with Crippen LogP contribution in [0.4, 0.5) is 4.39 Å². The zero-order valence-electron chi connectivity index (χ0n) is 10.7. The van der Waals surface area contributed by atoms with Gasteiger partial charge in [-0.1, -0.05) is 35.9 Å². The van der Waals surface area contributed by atoms with Gasteiger partial charge in [0.15, 0.2) is 0 Å². The van der Waals surface area contributed by atoms with Crippen LogP contribution in [0.3, 0.4) is 0 Å². The molecule has 0 spiro atoms. The molecule has 4 heteroatoms. The summed E-state index contributed by atoms with van der Waals surface area (Å²) in [6.07, 6.45) is 0.612. The summed E-state index contributed by atoms with van der Waals surface area (Å²) in [5.74, 6) is 5.34. The first-order valence-electron chi connectivity index (χ1n) is 6.07. The lowest BCUT2D eigenvalue weighted by atomic mass is 9.95. The van der Waals surface area contributed by atoms with Gasteiger partial charge in [-0.3, -0.25) is 11.3 Å². The van der Waals surface area contributed by atoms with Crippen LogP contribution in [0, 0.1) is 12.7 Å². The van der Waals surface area contributed by atoms with Gasteiger partial charge in [0.1, 0.15) is 5.82 Å². The predicted molar refractivity (Wildman–Crippen MR) is 76.4 cm³/mol. The Kier molecular flexibility index (Phi) is 4.53. The second kappa shape index (κ2) is 6.15. The summed E-state index contributed by atoms with van der Waals surface area (Å²) in [5.41, 5.74) is 5.57. The zero-order valence-corrected chi connectivity index (χ0v) is 11.4. The topological polar surface area (TPSA) is 38.0 Å². The van der Waals surface area contributed by atoms with Gasteiger partial charge in [-0.05, 0) is 48.2 Å². The van der Waals surface area contributed by atoms with Gasteiger partial charge in [0.25, 0.3) is 0 Å². The quantitative estimate of drug-likeness (QED) is 0.663. The van der Waals surface area contributed by atoms with Crippen LogP contribution in [0.15, 0.2) is 42.5 Å². The minimum Gasteiger partial charge on any atom is -0.271 e. The number of hydrogen-bond donors (Lipinski definition) is 2. The van der Waals surface area contributed by atoms with Crippen molar-refractivity contribution in [2.24, 2.45) is 5.84 Å². The molecule has 0 heterocycles. The highest BCUT2D eigenvalue weighted by Gasteiger charge is 2.15. The summed E-state index contributed by atoms with van der Waals surface area (Å²) in [4.78, 5) is 0. The van der Waals surface area contributed by atoms with E-state index in [2.05, 4.69) is 5.43 Å². The maximum absolute atomic E-state index is 13.4. The third kappa shape index (κ3) is 3.32. The number of nitrogens with two attached hydrogens (primary N) is 1. The molecule has 1 unspecified atom stereocenters. The predicted octanol–water partition coefficient (Wildman–Crippen LogP) is 3.53. The standard InChI is InChI=1S/C15H16ClFN2/c1-10-6-7-12(17)9-13(10)15(19-18)8-11-4-2-3-5-14(11)16/h2-7,9,15,19H,8,18H2,1H3. The van der Waals surface area contributed by atoms with Crippen LogP contribution in [0.2, 0.25) is 5.02 Å². The van der Waals surface area contributed by atoms with Crippen molar-refractivity contribution < 1.29 is 4.39 Å². The SMILES string of the molecule is Cc1ccc(F)cc1C(Cc1ccccc1Cl)NN. The average molecular weight is 279 g/mol. The molecule has 0 aliphatic rings. The number of hydrogen-bond acceptors (Lipinski definition) is 2. The Morgan fingerprint density at radius 1 is 1.26 bits per heavy atom. The van der Waals surface area contributed by atoms with Crippen molar-refractivity contribution in [3.8, 4) is 0 Å². The number of aryl methyl sites for hydroxylation is 1. The minimum atomic E-state index is -0.264. The largest absolute Gasteiger partial charge is 0.271 e.